The van der Waals surface area contributed by atoms with E-state index in [-0.39, 0.29) is 0 Å². The quantitative estimate of drug-likeness (QED) is 0.316. The van der Waals surface area contributed by atoms with Gasteiger partial charge in [0.15, 0.2) is 0 Å². The summed E-state index contributed by atoms with van der Waals surface area (Å²) in [5.74, 6) is 7.92. The van der Waals surface area contributed by atoms with Gasteiger partial charge >= 0.3 is 0 Å². The number of rotatable bonds is 12. The summed E-state index contributed by atoms with van der Waals surface area (Å²) in [6, 6.07) is 0. The first kappa shape index (κ1) is 27.0. The molecule has 27 heavy (non-hydrogen) atoms. The van der Waals surface area contributed by atoms with E-state index >= 15 is 0 Å². The molecule has 9 unspecified atom stereocenters. The average molecular weight is 381 g/mol. The van der Waals surface area contributed by atoms with Crippen molar-refractivity contribution in [2.24, 2.45) is 64.6 Å². The zero-order chi connectivity index (χ0) is 21.7. The molecule has 9 atom stereocenters. The Bertz CT molecular complexity index is 393. The lowest BCUT2D eigenvalue weighted by atomic mass is 9.60. The molecule has 0 spiro atoms. The molecule has 0 aromatic heterocycles. The Morgan fingerprint density at radius 3 is 1.37 bits per heavy atom. The molecule has 0 saturated heterocycles. The minimum atomic E-state index is 0.391. The minimum Gasteiger partial charge on any atom is -0.0651 e. The molecule has 0 radical (unpaired) electrons. The highest BCUT2D eigenvalue weighted by atomic mass is 14.4. The molecule has 0 amide bonds. The Labute approximate surface area is 174 Å². The molecule has 0 aromatic carbocycles. The van der Waals surface area contributed by atoms with Gasteiger partial charge in [-0.05, 0) is 71.0 Å². The lowest BCUT2D eigenvalue weighted by molar-refractivity contribution is 0.0366. The molecule has 0 bridgehead atoms. The maximum absolute atomic E-state index is 2.53. The highest BCUT2D eigenvalue weighted by Crippen LogP contribution is 2.46. The Kier molecular flexibility index (Phi) is 11.3. The van der Waals surface area contributed by atoms with E-state index < -0.39 is 0 Å². The molecule has 0 fully saturated rings. The monoisotopic (exact) mass is 380 g/mol. The third kappa shape index (κ3) is 7.08. The highest BCUT2D eigenvalue weighted by Gasteiger charge is 2.39. The van der Waals surface area contributed by atoms with Crippen molar-refractivity contribution >= 4 is 0 Å². The van der Waals surface area contributed by atoms with E-state index in [1.807, 2.05) is 0 Å². The fourth-order valence-corrected chi connectivity index (χ4v) is 5.30. The summed E-state index contributed by atoms with van der Waals surface area (Å²) >= 11 is 0. The standard InChI is InChI=1S/C27H56/c1-15-18(4)22(8)24(10)23(9)19(5)16-20(6)25(11)27(13,14)26(12)21(7)17(2)3/h17-26H,15-16H2,1-14H3. The third-order valence-corrected chi connectivity index (χ3v) is 9.88. The normalized spacial score (nSPS) is 23.2. The lowest BCUT2D eigenvalue weighted by Crippen LogP contribution is -2.38. The van der Waals surface area contributed by atoms with Crippen LogP contribution in [0.3, 0.4) is 0 Å². The molecule has 0 rings (SSSR count). The average Bonchev–Trinajstić information content (AvgIpc) is 2.62. The van der Waals surface area contributed by atoms with Crippen molar-refractivity contribution < 1.29 is 0 Å². The van der Waals surface area contributed by atoms with Gasteiger partial charge < -0.3 is 0 Å². The van der Waals surface area contributed by atoms with Gasteiger partial charge in [0.05, 0.1) is 0 Å². The summed E-state index contributed by atoms with van der Waals surface area (Å²) < 4.78 is 0. The second kappa shape index (κ2) is 11.3. The maximum atomic E-state index is 2.53. The van der Waals surface area contributed by atoms with Gasteiger partial charge in [0.1, 0.15) is 0 Å². The van der Waals surface area contributed by atoms with Crippen molar-refractivity contribution in [3.8, 4) is 0 Å². The topological polar surface area (TPSA) is 0 Å². The molecule has 0 aliphatic carbocycles. The van der Waals surface area contributed by atoms with Crippen molar-refractivity contribution in [1.82, 2.24) is 0 Å². The first-order valence-corrected chi connectivity index (χ1v) is 12.2. The Balaban J connectivity index is 5.01. The smallest absolute Gasteiger partial charge is 0.0298 e. The van der Waals surface area contributed by atoms with Crippen LogP contribution >= 0.6 is 0 Å². The molecule has 0 saturated carbocycles. The van der Waals surface area contributed by atoms with Crippen molar-refractivity contribution in [1.29, 1.82) is 0 Å². The number of hydrogen-bond acceptors (Lipinski definition) is 0. The molecule has 0 heteroatoms. The van der Waals surface area contributed by atoms with Crippen LogP contribution in [0.5, 0.6) is 0 Å². The predicted molar refractivity (Wildman–Crippen MR) is 126 cm³/mol. The van der Waals surface area contributed by atoms with Crippen LogP contribution in [0.2, 0.25) is 0 Å². The Morgan fingerprint density at radius 2 is 0.963 bits per heavy atom. The maximum Gasteiger partial charge on any atom is -0.0298 e. The number of hydrogen-bond donors (Lipinski definition) is 0. The van der Waals surface area contributed by atoms with Crippen LogP contribution in [0.15, 0.2) is 0 Å². The van der Waals surface area contributed by atoms with E-state index in [0.29, 0.717) is 5.41 Å². The van der Waals surface area contributed by atoms with E-state index in [1.165, 1.54) is 12.8 Å². The molecule has 0 aromatic rings. The fraction of sp³-hybridized carbons (Fsp3) is 1.00. The van der Waals surface area contributed by atoms with Crippen LogP contribution in [0, 0.1) is 64.6 Å². The highest BCUT2D eigenvalue weighted by molar-refractivity contribution is 4.87. The molecule has 0 N–H and O–H groups in total. The minimum absolute atomic E-state index is 0.391. The van der Waals surface area contributed by atoms with Gasteiger partial charge in [0.25, 0.3) is 0 Å². The van der Waals surface area contributed by atoms with Crippen LogP contribution in [0.4, 0.5) is 0 Å². The van der Waals surface area contributed by atoms with Crippen molar-refractivity contribution in [3.63, 3.8) is 0 Å². The van der Waals surface area contributed by atoms with Gasteiger partial charge in [-0.2, -0.15) is 0 Å². The van der Waals surface area contributed by atoms with Crippen LogP contribution in [-0.4, -0.2) is 0 Å². The lowest BCUT2D eigenvalue weighted by Gasteiger charge is -2.45. The summed E-state index contributed by atoms with van der Waals surface area (Å²) in [7, 11) is 0. The van der Waals surface area contributed by atoms with Crippen LogP contribution in [-0.2, 0) is 0 Å². The van der Waals surface area contributed by atoms with Gasteiger partial charge in [0, 0.05) is 0 Å². The van der Waals surface area contributed by atoms with Gasteiger partial charge in [-0.3, -0.25) is 0 Å². The predicted octanol–water partition coefficient (Wildman–Crippen LogP) is 9.19. The molecule has 0 nitrogen and oxygen atoms in total. The zero-order valence-corrected chi connectivity index (χ0v) is 21.7. The van der Waals surface area contributed by atoms with E-state index in [0.717, 1.165) is 59.2 Å². The Morgan fingerprint density at radius 1 is 0.519 bits per heavy atom. The molecule has 0 aliphatic heterocycles. The fourth-order valence-electron chi connectivity index (χ4n) is 5.30. The molecular weight excluding hydrogens is 324 g/mol. The summed E-state index contributed by atoms with van der Waals surface area (Å²) in [5, 5.41) is 0. The van der Waals surface area contributed by atoms with E-state index in [4.69, 9.17) is 0 Å². The zero-order valence-electron chi connectivity index (χ0n) is 21.7. The van der Waals surface area contributed by atoms with Crippen molar-refractivity contribution in [3.05, 3.63) is 0 Å². The van der Waals surface area contributed by atoms with Gasteiger partial charge in [-0.25, -0.2) is 0 Å². The summed E-state index contributed by atoms with van der Waals surface area (Å²) in [6.45, 7) is 34.6. The van der Waals surface area contributed by atoms with E-state index in [1.54, 1.807) is 0 Å². The molecule has 0 aliphatic rings. The Hall–Kier alpha value is 0. The summed E-state index contributed by atoms with van der Waals surface area (Å²) in [5.41, 5.74) is 0.391. The molecule has 0 heterocycles. The SMILES string of the molecule is CCC(C)C(C)C(C)C(C)C(C)CC(C)C(C)C(C)(C)C(C)C(C)C(C)C. The van der Waals surface area contributed by atoms with Crippen molar-refractivity contribution in [2.45, 2.75) is 110 Å². The van der Waals surface area contributed by atoms with Crippen LogP contribution < -0.4 is 0 Å². The largest absolute Gasteiger partial charge is 0.0651 e. The van der Waals surface area contributed by atoms with E-state index in [9.17, 15) is 0 Å². The summed E-state index contributed by atoms with van der Waals surface area (Å²) in [6.07, 6.45) is 2.67. The van der Waals surface area contributed by atoms with Crippen molar-refractivity contribution in [2.75, 3.05) is 0 Å². The van der Waals surface area contributed by atoms with Gasteiger partial charge in [-0.15, -0.1) is 0 Å². The summed E-state index contributed by atoms with van der Waals surface area (Å²) in [4.78, 5) is 0. The van der Waals surface area contributed by atoms with Crippen LogP contribution in [0.1, 0.15) is 110 Å². The van der Waals surface area contributed by atoms with Gasteiger partial charge in [0.2, 0.25) is 0 Å². The molecular formula is C27H56. The first-order chi connectivity index (χ1) is 12.2. The molecule has 164 valence electrons. The van der Waals surface area contributed by atoms with E-state index in [2.05, 4.69) is 96.9 Å². The first-order valence-electron chi connectivity index (χ1n) is 12.2. The van der Waals surface area contributed by atoms with Gasteiger partial charge in [-0.1, -0.05) is 103 Å². The second-order valence-corrected chi connectivity index (χ2v) is 11.7. The third-order valence-electron chi connectivity index (χ3n) is 9.88. The second-order valence-electron chi connectivity index (χ2n) is 11.7. The van der Waals surface area contributed by atoms with Crippen LogP contribution in [0.25, 0.3) is 0 Å².